The first kappa shape index (κ1) is 17.2. The highest BCUT2D eigenvalue weighted by atomic mass is 32.2. The molecule has 1 aliphatic carbocycles. The molecular weight excluding hydrogens is 332 g/mol. The maximum Gasteiger partial charge on any atom is 0.226 e. The Morgan fingerprint density at radius 3 is 2.46 bits per heavy atom. The van der Waals surface area contributed by atoms with Gasteiger partial charge in [-0.2, -0.15) is 13.8 Å². The summed E-state index contributed by atoms with van der Waals surface area (Å²) in [6.45, 7) is 7.80. The second-order valence-corrected chi connectivity index (χ2v) is 8.34. The molecule has 130 valence electrons. The molecule has 3 rings (SSSR count). The van der Waals surface area contributed by atoms with Crippen LogP contribution in [-0.2, 0) is 4.79 Å². The number of anilines is 1. The highest BCUT2D eigenvalue weighted by molar-refractivity contribution is 8.03. The van der Waals surface area contributed by atoms with Gasteiger partial charge in [0.1, 0.15) is 0 Å². The monoisotopic (exact) mass is 353 g/mol. The molecule has 0 saturated heterocycles. The second kappa shape index (κ2) is 6.02. The van der Waals surface area contributed by atoms with Crippen molar-refractivity contribution in [2.24, 2.45) is 5.41 Å². The van der Waals surface area contributed by atoms with Crippen LogP contribution in [0.2, 0.25) is 0 Å². The Morgan fingerprint density at radius 2 is 2.00 bits per heavy atom. The number of hydrogen-bond donors (Lipinski definition) is 0. The molecule has 2 heterocycles. The number of aromatic nitrogens is 1. The van der Waals surface area contributed by atoms with Gasteiger partial charge in [0.15, 0.2) is 5.50 Å². The summed E-state index contributed by atoms with van der Waals surface area (Å²) >= 11 is 1.52. The van der Waals surface area contributed by atoms with Crippen molar-refractivity contribution in [1.82, 2.24) is 9.88 Å². The summed E-state index contributed by atoms with van der Waals surface area (Å²) in [4.78, 5) is 20.1. The van der Waals surface area contributed by atoms with Gasteiger partial charge in [-0.05, 0) is 25.2 Å². The summed E-state index contributed by atoms with van der Waals surface area (Å²) in [5.41, 5.74) is 0.000400. The van der Waals surface area contributed by atoms with Crippen molar-refractivity contribution in [3.05, 3.63) is 35.1 Å². The molecule has 0 bridgehead atoms. The molecular formula is C17H21F2N3OS. The third-order valence-electron chi connectivity index (χ3n) is 4.79. The average Bonchev–Trinajstić information content (AvgIpc) is 2.77. The molecule has 1 saturated carbocycles. The van der Waals surface area contributed by atoms with Crippen LogP contribution in [-0.4, -0.2) is 27.3 Å². The summed E-state index contributed by atoms with van der Waals surface area (Å²) in [6.07, 6.45) is 4.21. The molecule has 2 atom stereocenters. The number of thioether (sulfide) groups is 1. The molecule has 2 aliphatic rings. The highest BCUT2D eigenvalue weighted by Crippen LogP contribution is 2.49. The molecule has 2 unspecified atom stereocenters. The lowest BCUT2D eigenvalue weighted by Crippen LogP contribution is -2.57. The summed E-state index contributed by atoms with van der Waals surface area (Å²) in [7, 11) is 0. The fourth-order valence-electron chi connectivity index (χ4n) is 3.42. The molecule has 1 fully saturated rings. The summed E-state index contributed by atoms with van der Waals surface area (Å²) in [5, 5.41) is 0. The van der Waals surface area contributed by atoms with E-state index in [9.17, 15) is 13.6 Å². The van der Waals surface area contributed by atoms with Crippen LogP contribution >= 0.6 is 11.8 Å². The van der Waals surface area contributed by atoms with Crippen molar-refractivity contribution in [3.63, 3.8) is 0 Å². The molecule has 4 nitrogen and oxygen atoms in total. The van der Waals surface area contributed by atoms with E-state index in [0.717, 1.165) is 29.9 Å². The van der Waals surface area contributed by atoms with Gasteiger partial charge in [-0.1, -0.05) is 25.6 Å². The van der Waals surface area contributed by atoms with Gasteiger partial charge in [-0.25, -0.2) is 0 Å². The number of amides is 1. The zero-order valence-corrected chi connectivity index (χ0v) is 15.0. The van der Waals surface area contributed by atoms with Gasteiger partial charge in [0.2, 0.25) is 17.8 Å². The third-order valence-corrected chi connectivity index (χ3v) is 5.93. The molecule has 1 amide bonds. The van der Waals surface area contributed by atoms with Gasteiger partial charge in [-0.3, -0.25) is 9.69 Å². The Balaban J connectivity index is 1.97. The first-order chi connectivity index (χ1) is 11.2. The number of allylic oxidation sites excluding steroid dienone is 1. The molecule has 0 N–H and O–H groups in total. The Hall–Kier alpha value is -1.63. The van der Waals surface area contributed by atoms with E-state index in [1.54, 1.807) is 0 Å². The molecule has 1 aliphatic heterocycles. The minimum Gasteiger partial charge on any atom is -0.344 e. The lowest BCUT2D eigenvalue weighted by Gasteiger charge is -2.52. The smallest absolute Gasteiger partial charge is 0.226 e. The maximum atomic E-state index is 13.5. The van der Waals surface area contributed by atoms with Gasteiger partial charge in [-0.15, -0.1) is 0 Å². The van der Waals surface area contributed by atoms with Crippen LogP contribution in [0.15, 0.2) is 23.2 Å². The summed E-state index contributed by atoms with van der Waals surface area (Å²) < 4.78 is 27.1. The van der Waals surface area contributed by atoms with Crippen LogP contribution in [0.25, 0.3) is 0 Å². The molecule has 1 aromatic heterocycles. The van der Waals surface area contributed by atoms with Crippen molar-refractivity contribution >= 4 is 23.4 Å². The molecule has 0 radical (unpaired) electrons. The van der Waals surface area contributed by atoms with Crippen LogP contribution in [0, 0.1) is 17.3 Å². The normalized spacial score (nSPS) is 25.2. The predicted octanol–water partition coefficient (Wildman–Crippen LogP) is 4.10. The number of pyridine rings is 1. The largest absolute Gasteiger partial charge is 0.344 e. The van der Waals surface area contributed by atoms with Crippen molar-refractivity contribution < 1.29 is 13.6 Å². The van der Waals surface area contributed by atoms with E-state index in [-0.39, 0.29) is 22.5 Å². The summed E-state index contributed by atoms with van der Waals surface area (Å²) in [6, 6.07) is 2.50. The van der Waals surface area contributed by atoms with Gasteiger partial charge in [0.25, 0.3) is 0 Å². The number of halogens is 2. The molecule has 1 aromatic rings. The average molecular weight is 353 g/mol. The maximum absolute atomic E-state index is 13.5. The van der Waals surface area contributed by atoms with E-state index in [4.69, 9.17) is 0 Å². The fourth-order valence-corrected chi connectivity index (χ4v) is 4.64. The van der Waals surface area contributed by atoms with Crippen LogP contribution in [0.5, 0.6) is 0 Å². The van der Waals surface area contributed by atoms with Crippen molar-refractivity contribution in [1.29, 1.82) is 0 Å². The fraction of sp³-hybridized carbons (Fsp3) is 0.529. The van der Waals surface area contributed by atoms with Gasteiger partial charge in [0, 0.05) is 36.2 Å². The summed E-state index contributed by atoms with van der Waals surface area (Å²) in [5.74, 6) is -2.12. The van der Waals surface area contributed by atoms with E-state index in [0.29, 0.717) is 6.04 Å². The van der Waals surface area contributed by atoms with E-state index in [1.807, 2.05) is 13.1 Å². The van der Waals surface area contributed by atoms with Crippen LogP contribution in [0.4, 0.5) is 14.5 Å². The van der Waals surface area contributed by atoms with Crippen molar-refractivity contribution in [2.45, 2.75) is 52.1 Å². The van der Waals surface area contributed by atoms with E-state index in [2.05, 4.69) is 23.7 Å². The Kier molecular flexibility index (Phi) is 4.32. The van der Waals surface area contributed by atoms with Gasteiger partial charge >= 0.3 is 0 Å². The van der Waals surface area contributed by atoms with E-state index >= 15 is 0 Å². The lowest BCUT2D eigenvalue weighted by molar-refractivity contribution is -0.117. The zero-order chi connectivity index (χ0) is 17.6. The highest BCUT2D eigenvalue weighted by Gasteiger charge is 2.47. The number of rotatable bonds is 3. The SMILES string of the molecule is CC(=O)N(c1cc(F)nc(F)c1)C1SC(C)=CN1C1CCC1(C)C. The van der Waals surface area contributed by atoms with Crippen LogP contribution in [0.1, 0.15) is 40.5 Å². The zero-order valence-electron chi connectivity index (χ0n) is 14.2. The van der Waals surface area contributed by atoms with Crippen molar-refractivity contribution in [3.8, 4) is 0 Å². The van der Waals surface area contributed by atoms with E-state index < -0.39 is 11.9 Å². The first-order valence-electron chi connectivity index (χ1n) is 7.94. The van der Waals surface area contributed by atoms with Gasteiger partial charge < -0.3 is 4.90 Å². The van der Waals surface area contributed by atoms with Gasteiger partial charge in [0.05, 0.1) is 5.69 Å². The standard InChI is InChI=1S/C17H21F2N3OS/c1-10-9-21(13-5-6-17(13,3)4)16(24-10)22(11(2)23)12-7-14(18)20-15(19)8-12/h7-9,13,16H,5-6H2,1-4H3. The minimum absolute atomic E-state index is 0.150. The van der Waals surface area contributed by atoms with Crippen LogP contribution in [0.3, 0.4) is 0 Å². The quantitative estimate of drug-likeness (QED) is 0.767. The molecule has 0 spiro atoms. The second-order valence-electron chi connectivity index (χ2n) is 7.03. The number of carbonyl (C=O) groups is 1. The van der Waals surface area contributed by atoms with E-state index in [1.165, 1.54) is 23.6 Å². The third kappa shape index (κ3) is 3.01. The topological polar surface area (TPSA) is 36.4 Å². The number of nitrogens with zero attached hydrogens (tertiary/aromatic N) is 3. The minimum atomic E-state index is -0.931. The predicted molar refractivity (Wildman–Crippen MR) is 91.1 cm³/mol. The molecule has 0 aromatic carbocycles. The Morgan fingerprint density at radius 1 is 1.38 bits per heavy atom. The lowest BCUT2D eigenvalue weighted by atomic mass is 9.66. The Labute approximate surface area is 144 Å². The number of carbonyl (C=O) groups excluding carboxylic acids is 1. The van der Waals surface area contributed by atoms with Crippen LogP contribution < -0.4 is 4.90 Å². The van der Waals surface area contributed by atoms with Crippen molar-refractivity contribution in [2.75, 3.05) is 4.90 Å². The Bertz CT molecular complexity index is 687. The number of hydrogen-bond acceptors (Lipinski definition) is 4. The first-order valence-corrected chi connectivity index (χ1v) is 8.82. The molecule has 24 heavy (non-hydrogen) atoms. The molecule has 7 heteroatoms.